The van der Waals surface area contributed by atoms with E-state index in [2.05, 4.69) is 63.8 Å². The van der Waals surface area contributed by atoms with Gasteiger partial charge in [-0.1, -0.05) is 55.9 Å². The van der Waals surface area contributed by atoms with Crippen molar-refractivity contribution in [3.8, 4) is 0 Å². The fourth-order valence-electron chi connectivity index (χ4n) is 2.85. The van der Waals surface area contributed by atoms with Crippen LogP contribution in [0, 0.1) is 5.92 Å². The Bertz CT molecular complexity index is 603. The molecule has 23 heavy (non-hydrogen) atoms. The summed E-state index contributed by atoms with van der Waals surface area (Å²) in [6.45, 7) is 8.64. The summed E-state index contributed by atoms with van der Waals surface area (Å²) in [6, 6.07) is 10.6. The molecule has 0 amide bonds. The summed E-state index contributed by atoms with van der Waals surface area (Å²) in [6.07, 6.45) is 2.61. The number of hydrogen-bond acceptors (Lipinski definition) is 4. The van der Waals surface area contributed by atoms with Crippen molar-refractivity contribution in [1.82, 2.24) is 19.7 Å². The number of thioether (sulfide) groups is 1. The van der Waals surface area contributed by atoms with Crippen LogP contribution in [0.2, 0.25) is 0 Å². The van der Waals surface area contributed by atoms with Gasteiger partial charge in [0.05, 0.1) is 13.1 Å². The van der Waals surface area contributed by atoms with Gasteiger partial charge < -0.3 is 4.57 Å². The van der Waals surface area contributed by atoms with Crippen molar-refractivity contribution in [1.29, 1.82) is 0 Å². The molecule has 0 N–H and O–H groups in total. The van der Waals surface area contributed by atoms with Crippen LogP contribution in [0.3, 0.4) is 0 Å². The van der Waals surface area contributed by atoms with Crippen LogP contribution in [0.5, 0.6) is 0 Å². The molecule has 5 heteroatoms. The van der Waals surface area contributed by atoms with E-state index < -0.39 is 0 Å². The molecule has 0 aliphatic carbocycles. The molecular formula is C18H26N4S. The molecule has 2 heterocycles. The first kappa shape index (κ1) is 16.5. The Hall–Kier alpha value is -1.33. The van der Waals surface area contributed by atoms with Gasteiger partial charge in [0.1, 0.15) is 5.82 Å². The Balaban J connectivity index is 1.79. The van der Waals surface area contributed by atoms with Crippen LogP contribution in [-0.4, -0.2) is 38.5 Å². The van der Waals surface area contributed by atoms with Gasteiger partial charge in [0.15, 0.2) is 5.16 Å². The third-order valence-corrected chi connectivity index (χ3v) is 5.48. The van der Waals surface area contributed by atoms with Crippen molar-refractivity contribution in [2.24, 2.45) is 5.92 Å². The number of rotatable bonds is 7. The second kappa shape index (κ2) is 7.97. The molecule has 1 saturated heterocycles. The average Bonchev–Trinajstić information content (AvgIpc) is 3.18. The fourth-order valence-corrected chi connectivity index (χ4v) is 3.76. The number of nitrogens with zero attached hydrogens (tertiary/aromatic N) is 4. The minimum Gasteiger partial charge on any atom is -0.300 e. The highest BCUT2D eigenvalue weighted by atomic mass is 32.2. The maximum Gasteiger partial charge on any atom is 0.191 e. The number of benzene rings is 1. The second-order valence-electron chi connectivity index (χ2n) is 6.66. The molecule has 1 fully saturated rings. The lowest BCUT2D eigenvalue weighted by atomic mass is 10.2. The molecule has 1 aromatic carbocycles. The Morgan fingerprint density at radius 2 is 1.78 bits per heavy atom. The van der Waals surface area contributed by atoms with Crippen LogP contribution >= 0.6 is 11.8 Å². The van der Waals surface area contributed by atoms with Gasteiger partial charge in [0.2, 0.25) is 0 Å². The van der Waals surface area contributed by atoms with Gasteiger partial charge in [-0.25, -0.2) is 0 Å². The first-order valence-corrected chi connectivity index (χ1v) is 9.52. The van der Waals surface area contributed by atoms with Crippen LogP contribution in [0.15, 0.2) is 35.5 Å². The molecule has 1 aliphatic rings. The Kier molecular flexibility index (Phi) is 5.73. The smallest absolute Gasteiger partial charge is 0.191 e. The minimum absolute atomic E-state index is 0.656. The van der Waals surface area contributed by atoms with Gasteiger partial charge >= 0.3 is 0 Å². The first-order chi connectivity index (χ1) is 11.2. The summed E-state index contributed by atoms with van der Waals surface area (Å²) in [7, 11) is 0. The van der Waals surface area contributed by atoms with Gasteiger partial charge in [0, 0.05) is 5.75 Å². The lowest BCUT2D eigenvalue weighted by Gasteiger charge is -2.16. The van der Waals surface area contributed by atoms with E-state index in [1.165, 1.54) is 31.5 Å². The number of likely N-dealkylation sites (tertiary alicyclic amines) is 1. The molecule has 3 rings (SSSR count). The molecule has 1 aromatic heterocycles. The molecule has 0 atom stereocenters. The highest BCUT2D eigenvalue weighted by molar-refractivity contribution is 7.99. The zero-order chi connectivity index (χ0) is 16.1. The molecule has 0 spiro atoms. The minimum atomic E-state index is 0.656. The second-order valence-corrected chi connectivity index (χ2v) is 7.65. The fraction of sp³-hybridized carbons (Fsp3) is 0.556. The Morgan fingerprint density at radius 3 is 2.48 bits per heavy atom. The number of hydrogen-bond donors (Lipinski definition) is 0. The standard InChI is InChI=1S/C18H26N4S/c1-15(2)14-23-18-20-19-17(13-21-10-6-7-11-21)22(18)12-16-8-4-3-5-9-16/h3-5,8-9,15H,6-7,10-14H2,1-2H3. The predicted octanol–water partition coefficient (Wildman–Crippen LogP) is 3.67. The van der Waals surface area contributed by atoms with Gasteiger partial charge in [-0.15, -0.1) is 10.2 Å². The summed E-state index contributed by atoms with van der Waals surface area (Å²) in [5.74, 6) is 2.84. The van der Waals surface area contributed by atoms with Gasteiger partial charge in [-0.2, -0.15) is 0 Å². The molecule has 0 saturated carbocycles. The monoisotopic (exact) mass is 330 g/mol. The molecule has 1 aliphatic heterocycles. The maximum absolute atomic E-state index is 4.50. The molecule has 0 bridgehead atoms. The van der Waals surface area contributed by atoms with E-state index in [1.54, 1.807) is 0 Å². The zero-order valence-corrected chi connectivity index (χ0v) is 14.9. The lowest BCUT2D eigenvalue weighted by Crippen LogP contribution is -2.21. The highest BCUT2D eigenvalue weighted by Gasteiger charge is 2.18. The van der Waals surface area contributed by atoms with E-state index in [-0.39, 0.29) is 0 Å². The van der Waals surface area contributed by atoms with E-state index in [4.69, 9.17) is 0 Å². The van der Waals surface area contributed by atoms with Crippen LogP contribution in [0.4, 0.5) is 0 Å². The van der Waals surface area contributed by atoms with E-state index >= 15 is 0 Å². The quantitative estimate of drug-likeness (QED) is 0.725. The Labute approximate surface area is 143 Å². The van der Waals surface area contributed by atoms with Crippen molar-refractivity contribution in [2.45, 2.75) is 44.9 Å². The van der Waals surface area contributed by atoms with Crippen LogP contribution in [0.1, 0.15) is 38.1 Å². The normalized spacial score (nSPS) is 15.6. The van der Waals surface area contributed by atoms with Gasteiger partial charge in [0.25, 0.3) is 0 Å². The summed E-state index contributed by atoms with van der Waals surface area (Å²) >= 11 is 1.82. The maximum atomic E-state index is 4.50. The third kappa shape index (κ3) is 4.58. The van der Waals surface area contributed by atoms with E-state index in [0.29, 0.717) is 5.92 Å². The summed E-state index contributed by atoms with van der Waals surface area (Å²) in [5.41, 5.74) is 1.31. The molecule has 0 radical (unpaired) electrons. The summed E-state index contributed by atoms with van der Waals surface area (Å²) in [5, 5.41) is 10.0. The van der Waals surface area contributed by atoms with E-state index in [1.807, 2.05) is 11.8 Å². The third-order valence-electron chi connectivity index (χ3n) is 4.09. The van der Waals surface area contributed by atoms with Crippen molar-refractivity contribution < 1.29 is 0 Å². The van der Waals surface area contributed by atoms with E-state index in [9.17, 15) is 0 Å². The van der Waals surface area contributed by atoms with Crippen LogP contribution in [0.25, 0.3) is 0 Å². The van der Waals surface area contributed by atoms with E-state index in [0.717, 1.165) is 29.8 Å². The molecule has 4 nitrogen and oxygen atoms in total. The first-order valence-electron chi connectivity index (χ1n) is 8.53. The van der Waals surface area contributed by atoms with Crippen molar-refractivity contribution in [3.63, 3.8) is 0 Å². The predicted molar refractivity (Wildman–Crippen MR) is 95.6 cm³/mol. The zero-order valence-electron chi connectivity index (χ0n) is 14.1. The Morgan fingerprint density at radius 1 is 1.04 bits per heavy atom. The van der Waals surface area contributed by atoms with Crippen molar-refractivity contribution in [2.75, 3.05) is 18.8 Å². The van der Waals surface area contributed by atoms with Gasteiger partial charge in [-0.3, -0.25) is 4.90 Å². The molecule has 2 aromatic rings. The topological polar surface area (TPSA) is 34.0 Å². The SMILES string of the molecule is CC(C)CSc1nnc(CN2CCCC2)n1Cc1ccccc1. The molecular weight excluding hydrogens is 304 g/mol. The highest BCUT2D eigenvalue weighted by Crippen LogP contribution is 2.22. The summed E-state index contributed by atoms with van der Waals surface area (Å²) < 4.78 is 2.31. The molecule has 0 unspecified atom stereocenters. The van der Waals surface area contributed by atoms with Crippen molar-refractivity contribution >= 4 is 11.8 Å². The average molecular weight is 331 g/mol. The lowest BCUT2D eigenvalue weighted by molar-refractivity contribution is 0.316. The van der Waals surface area contributed by atoms with Crippen molar-refractivity contribution in [3.05, 3.63) is 41.7 Å². The summed E-state index contributed by atoms with van der Waals surface area (Å²) in [4.78, 5) is 2.49. The van der Waals surface area contributed by atoms with Crippen LogP contribution in [-0.2, 0) is 13.1 Å². The number of aromatic nitrogens is 3. The van der Waals surface area contributed by atoms with Crippen LogP contribution < -0.4 is 0 Å². The molecule has 124 valence electrons. The largest absolute Gasteiger partial charge is 0.300 e. The van der Waals surface area contributed by atoms with Gasteiger partial charge in [-0.05, 0) is 37.4 Å².